The van der Waals surface area contributed by atoms with E-state index in [1.54, 1.807) is 36.4 Å². The van der Waals surface area contributed by atoms with Gasteiger partial charge in [-0.25, -0.2) is 4.39 Å². The fraction of sp³-hybridized carbons (Fsp3) is 0.158. The number of ether oxygens (including phenoxy) is 2. The first-order valence-corrected chi connectivity index (χ1v) is 8.75. The van der Waals surface area contributed by atoms with Crippen LogP contribution in [0.4, 0.5) is 9.18 Å². The molecular weight excluding hydrogens is 357 g/mol. The predicted molar refractivity (Wildman–Crippen MR) is 97.4 cm³/mol. The summed E-state index contributed by atoms with van der Waals surface area (Å²) in [6.45, 7) is 2.57. The van der Waals surface area contributed by atoms with Crippen molar-refractivity contribution in [2.75, 3.05) is 6.61 Å². The van der Waals surface area contributed by atoms with Crippen LogP contribution in [0.3, 0.4) is 0 Å². The van der Waals surface area contributed by atoms with E-state index in [9.17, 15) is 14.0 Å². The first kappa shape index (κ1) is 18.0. The normalized spacial score (nSPS) is 15.2. The molecule has 3 rings (SSSR count). The second kappa shape index (κ2) is 8.05. The van der Waals surface area contributed by atoms with Crippen molar-refractivity contribution in [3.8, 4) is 11.5 Å². The molecule has 0 bridgehead atoms. The van der Waals surface area contributed by atoms with Gasteiger partial charge in [-0.1, -0.05) is 18.2 Å². The number of carbonyl (C=O) groups is 2. The fourth-order valence-electron chi connectivity index (χ4n) is 2.32. The summed E-state index contributed by atoms with van der Waals surface area (Å²) in [6, 6.07) is 11.3. The highest BCUT2D eigenvalue weighted by molar-refractivity contribution is 8.18. The second-order valence-electron chi connectivity index (χ2n) is 5.41. The summed E-state index contributed by atoms with van der Waals surface area (Å²) in [6.07, 6.45) is 1.62. The molecule has 0 radical (unpaired) electrons. The number of hydrogen-bond acceptors (Lipinski definition) is 5. The third-order valence-electron chi connectivity index (χ3n) is 3.52. The SMILES string of the molecule is CCOc1cc(/C=C2/SC(=O)NC2=O)ccc1OCc1ccc(F)cc1. The number of carbonyl (C=O) groups excluding carboxylic acids is 2. The van der Waals surface area contributed by atoms with Gasteiger partial charge in [0.05, 0.1) is 11.5 Å². The van der Waals surface area contributed by atoms with Gasteiger partial charge in [0.25, 0.3) is 11.1 Å². The molecule has 5 nitrogen and oxygen atoms in total. The van der Waals surface area contributed by atoms with Gasteiger partial charge in [0, 0.05) is 0 Å². The average Bonchev–Trinajstić information content (AvgIpc) is 2.93. The maximum atomic E-state index is 13.0. The molecule has 0 saturated carbocycles. The minimum atomic E-state index is -0.408. The van der Waals surface area contributed by atoms with Crippen LogP contribution in [0.2, 0.25) is 0 Å². The van der Waals surface area contributed by atoms with Crippen molar-refractivity contribution in [1.29, 1.82) is 0 Å². The van der Waals surface area contributed by atoms with Crippen LogP contribution >= 0.6 is 11.8 Å². The van der Waals surface area contributed by atoms with Crippen LogP contribution in [-0.4, -0.2) is 17.8 Å². The highest BCUT2D eigenvalue weighted by Crippen LogP contribution is 2.32. The largest absolute Gasteiger partial charge is 0.490 e. The topological polar surface area (TPSA) is 64.6 Å². The highest BCUT2D eigenvalue weighted by atomic mass is 32.2. The number of thioether (sulfide) groups is 1. The van der Waals surface area contributed by atoms with Gasteiger partial charge in [-0.3, -0.25) is 14.9 Å². The standard InChI is InChI=1S/C19H16FNO4S/c1-2-24-16-9-13(10-17-18(22)21-19(23)26-17)5-8-15(16)25-11-12-3-6-14(20)7-4-12/h3-10H,2,11H2,1H3,(H,21,22,23)/b17-10+. The van der Waals surface area contributed by atoms with Gasteiger partial charge < -0.3 is 9.47 Å². The maximum absolute atomic E-state index is 13.0. The van der Waals surface area contributed by atoms with Gasteiger partial charge in [0.1, 0.15) is 12.4 Å². The van der Waals surface area contributed by atoms with Gasteiger partial charge in [0.2, 0.25) is 0 Å². The Hall–Kier alpha value is -2.80. The summed E-state index contributed by atoms with van der Waals surface area (Å²) in [5.74, 6) is 0.361. The van der Waals surface area contributed by atoms with E-state index in [0.29, 0.717) is 23.0 Å². The molecule has 1 N–H and O–H groups in total. The number of nitrogens with one attached hydrogen (secondary N) is 1. The van der Waals surface area contributed by atoms with Crippen molar-refractivity contribution in [2.45, 2.75) is 13.5 Å². The quantitative estimate of drug-likeness (QED) is 0.772. The molecule has 1 fully saturated rings. The molecule has 1 aliphatic rings. The first-order valence-electron chi connectivity index (χ1n) is 7.94. The summed E-state index contributed by atoms with van der Waals surface area (Å²) in [7, 11) is 0. The van der Waals surface area contributed by atoms with Crippen LogP contribution in [0.15, 0.2) is 47.4 Å². The Morgan fingerprint density at radius 1 is 1.08 bits per heavy atom. The van der Waals surface area contributed by atoms with Crippen molar-refractivity contribution < 1.29 is 23.5 Å². The summed E-state index contributed by atoms with van der Waals surface area (Å²) in [5.41, 5.74) is 1.55. The summed E-state index contributed by atoms with van der Waals surface area (Å²) < 4.78 is 24.3. The van der Waals surface area contributed by atoms with E-state index in [1.807, 2.05) is 6.92 Å². The lowest BCUT2D eigenvalue weighted by molar-refractivity contribution is -0.115. The molecule has 1 saturated heterocycles. The van der Waals surface area contributed by atoms with E-state index in [1.165, 1.54) is 12.1 Å². The lowest BCUT2D eigenvalue weighted by Crippen LogP contribution is -2.17. The van der Waals surface area contributed by atoms with E-state index in [0.717, 1.165) is 22.9 Å². The number of hydrogen-bond donors (Lipinski definition) is 1. The van der Waals surface area contributed by atoms with Crippen LogP contribution in [0.5, 0.6) is 11.5 Å². The molecule has 134 valence electrons. The molecule has 0 aromatic heterocycles. The summed E-state index contributed by atoms with van der Waals surface area (Å²) in [4.78, 5) is 23.2. The van der Waals surface area contributed by atoms with Gasteiger partial charge in [0.15, 0.2) is 11.5 Å². The van der Waals surface area contributed by atoms with Gasteiger partial charge in [-0.05, 0) is 60.2 Å². The number of amides is 2. The van der Waals surface area contributed by atoms with Crippen molar-refractivity contribution >= 4 is 29.0 Å². The number of benzene rings is 2. The Morgan fingerprint density at radius 2 is 1.85 bits per heavy atom. The molecule has 2 amide bonds. The van der Waals surface area contributed by atoms with Gasteiger partial charge >= 0.3 is 0 Å². The fourth-order valence-corrected chi connectivity index (χ4v) is 3.00. The molecule has 0 unspecified atom stereocenters. The van der Waals surface area contributed by atoms with E-state index >= 15 is 0 Å². The van der Waals surface area contributed by atoms with Gasteiger partial charge in [-0.15, -0.1) is 0 Å². The Balaban J connectivity index is 1.78. The maximum Gasteiger partial charge on any atom is 0.290 e. The minimum Gasteiger partial charge on any atom is -0.490 e. The van der Waals surface area contributed by atoms with Crippen LogP contribution in [-0.2, 0) is 11.4 Å². The lowest BCUT2D eigenvalue weighted by atomic mass is 10.2. The van der Waals surface area contributed by atoms with Crippen molar-refractivity contribution in [1.82, 2.24) is 5.32 Å². The van der Waals surface area contributed by atoms with Crippen molar-refractivity contribution in [2.24, 2.45) is 0 Å². The van der Waals surface area contributed by atoms with Crippen LogP contribution in [0, 0.1) is 5.82 Å². The molecular formula is C19H16FNO4S. The Kier molecular flexibility index (Phi) is 5.58. The summed E-state index contributed by atoms with van der Waals surface area (Å²) >= 11 is 0.859. The number of halogens is 1. The monoisotopic (exact) mass is 373 g/mol. The molecule has 0 spiro atoms. The van der Waals surface area contributed by atoms with Crippen molar-refractivity contribution in [3.63, 3.8) is 0 Å². The molecule has 2 aromatic rings. The average molecular weight is 373 g/mol. The Bertz CT molecular complexity index is 864. The zero-order valence-electron chi connectivity index (χ0n) is 14.0. The van der Waals surface area contributed by atoms with Crippen molar-refractivity contribution in [3.05, 3.63) is 64.3 Å². The molecule has 1 aliphatic heterocycles. The third-order valence-corrected chi connectivity index (χ3v) is 4.33. The molecule has 26 heavy (non-hydrogen) atoms. The zero-order chi connectivity index (χ0) is 18.5. The van der Waals surface area contributed by atoms with Crippen LogP contribution in [0.1, 0.15) is 18.1 Å². The van der Waals surface area contributed by atoms with E-state index in [2.05, 4.69) is 5.32 Å². The Morgan fingerprint density at radius 3 is 2.50 bits per heavy atom. The summed E-state index contributed by atoms with van der Waals surface area (Å²) in [5, 5.41) is 1.83. The second-order valence-corrected chi connectivity index (χ2v) is 6.42. The number of imide groups is 1. The Labute approximate surface area is 154 Å². The number of rotatable bonds is 6. The predicted octanol–water partition coefficient (Wildman–Crippen LogP) is 4.13. The molecule has 1 heterocycles. The minimum absolute atomic E-state index is 0.271. The molecule has 0 aliphatic carbocycles. The molecule has 7 heteroatoms. The molecule has 2 aromatic carbocycles. The van der Waals surface area contributed by atoms with Gasteiger partial charge in [-0.2, -0.15) is 0 Å². The van der Waals surface area contributed by atoms with E-state index in [4.69, 9.17) is 9.47 Å². The van der Waals surface area contributed by atoms with E-state index in [-0.39, 0.29) is 17.7 Å². The zero-order valence-corrected chi connectivity index (χ0v) is 14.8. The highest BCUT2D eigenvalue weighted by Gasteiger charge is 2.25. The first-order chi connectivity index (χ1) is 12.5. The lowest BCUT2D eigenvalue weighted by Gasteiger charge is -2.13. The van der Waals surface area contributed by atoms with Crippen LogP contribution < -0.4 is 14.8 Å². The van der Waals surface area contributed by atoms with E-state index < -0.39 is 5.91 Å². The third kappa shape index (κ3) is 4.43. The van der Waals surface area contributed by atoms with Crippen LogP contribution in [0.25, 0.3) is 6.08 Å². The molecule has 0 atom stereocenters. The smallest absolute Gasteiger partial charge is 0.290 e.